The van der Waals surface area contributed by atoms with E-state index >= 15 is 0 Å². The Bertz CT molecular complexity index is 364. The molecule has 2 aliphatic carbocycles. The molecule has 1 heteroatoms. The fourth-order valence-corrected chi connectivity index (χ4v) is 3.15. The number of rotatable bonds is 2. The first kappa shape index (κ1) is 11.4. The first-order valence-electron chi connectivity index (χ1n) is 6.08. The number of allylic oxidation sites excluding steroid dienone is 4. The summed E-state index contributed by atoms with van der Waals surface area (Å²) < 4.78 is 0. The number of hydrogen-bond donors (Lipinski definition) is 0. The fourth-order valence-electron chi connectivity index (χ4n) is 3.15. The van der Waals surface area contributed by atoms with Crippen molar-refractivity contribution < 1.29 is 4.79 Å². The van der Waals surface area contributed by atoms with Crippen LogP contribution in [0.15, 0.2) is 37.0 Å². The molecule has 3 atom stereocenters. The third-order valence-corrected chi connectivity index (χ3v) is 4.36. The smallest absolute Gasteiger partial charge is 0.155 e. The van der Waals surface area contributed by atoms with E-state index in [0.29, 0.717) is 18.3 Å². The Morgan fingerprint density at radius 3 is 3.00 bits per heavy atom. The second-order valence-electron chi connectivity index (χ2n) is 5.33. The van der Waals surface area contributed by atoms with Gasteiger partial charge in [-0.05, 0) is 44.1 Å². The van der Waals surface area contributed by atoms with Crippen molar-refractivity contribution in [2.24, 2.45) is 17.3 Å². The summed E-state index contributed by atoms with van der Waals surface area (Å²) in [5, 5.41) is 0. The monoisotopic (exact) mass is 216 g/mol. The minimum Gasteiger partial charge on any atom is -0.295 e. The molecule has 1 saturated carbocycles. The Morgan fingerprint density at radius 2 is 2.38 bits per heavy atom. The molecule has 0 aliphatic heterocycles. The molecular formula is C15H20O. The molecule has 2 aliphatic rings. The predicted octanol–water partition coefficient (Wildman–Crippen LogP) is 3.68. The second-order valence-corrected chi connectivity index (χ2v) is 5.33. The van der Waals surface area contributed by atoms with Crippen LogP contribution in [-0.2, 0) is 4.79 Å². The van der Waals surface area contributed by atoms with E-state index in [2.05, 4.69) is 32.2 Å². The van der Waals surface area contributed by atoms with Crippen molar-refractivity contribution in [3.63, 3.8) is 0 Å². The molecule has 0 amide bonds. The Balaban J connectivity index is 2.24. The molecule has 1 nitrogen and oxygen atoms in total. The maximum atomic E-state index is 11.5. The van der Waals surface area contributed by atoms with Crippen LogP contribution in [0, 0.1) is 17.3 Å². The summed E-state index contributed by atoms with van der Waals surface area (Å²) in [6, 6.07) is 0. The van der Waals surface area contributed by atoms with Crippen molar-refractivity contribution in [2.75, 3.05) is 0 Å². The molecule has 3 unspecified atom stereocenters. The maximum Gasteiger partial charge on any atom is 0.155 e. The van der Waals surface area contributed by atoms with Crippen LogP contribution >= 0.6 is 0 Å². The van der Waals surface area contributed by atoms with E-state index in [4.69, 9.17) is 0 Å². The zero-order valence-corrected chi connectivity index (χ0v) is 10.0. The van der Waals surface area contributed by atoms with Crippen molar-refractivity contribution in [1.82, 2.24) is 0 Å². The highest BCUT2D eigenvalue weighted by molar-refractivity contribution is 5.91. The van der Waals surface area contributed by atoms with Gasteiger partial charge >= 0.3 is 0 Å². The van der Waals surface area contributed by atoms with Crippen molar-refractivity contribution in [3.05, 3.63) is 37.0 Å². The largest absolute Gasteiger partial charge is 0.295 e. The normalized spacial score (nSPS) is 37.9. The van der Waals surface area contributed by atoms with Crippen molar-refractivity contribution >= 4 is 5.78 Å². The maximum absolute atomic E-state index is 11.5. The van der Waals surface area contributed by atoms with E-state index in [-0.39, 0.29) is 11.2 Å². The molecule has 0 N–H and O–H groups in total. The Hall–Kier alpha value is -1.11. The molecule has 0 aromatic heterocycles. The van der Waals surface area contributed by atoms with Gasteiger partial charge in [0.25, 0.3) is 0 Å². The summed E-state index contributed by atoms with van der Waals surface area (Å²) in [5.41, 5.74) is 1.35. The zero-order chi connectivity index (χ0) is 11.8. The van der Waals surface area contributed by atoms with Gasteiger partial charge in [-0.2, -0.15) is 0 Å². The third kappa shape index (κ3) is 1.79. The number of ketones is 1. The van der Waals surface area contributed by atoms with Gasteiger partial charge in [0.2, 0.25) is 0 Å². The van der Waals surface area contributed by atoms with Crippen LogP contribution < -0.4 is 0 Å². The van der Waals surface area contributed by atoms with Crippen LogP contribution in [-0.4, -0.2) is 5.78 Å². The van der Waals surface area contributed by atoms with E-state index in [9.17, 15) is 4.79 Å². The van der Waals surface area contributed by atoms with E-state index < -0.39 is 0 Å². The Labute approximate surface area is 97.9 Å². The molecule has 0 spiro atoms. The van der Waals surface area contributed by atoms with Crippen LogP contribution in [0.4, 0.5) is 0 Å². The van der Waals surface area contributed by atoms with Crippen LogP contribution in [0.25, 0.3) is 0 Å². The third-order valence-electron chi connectivity index (χ3n) is 4.36. The topological polar surface area (TPSA) is 17.1 Å². The summed E-state index contributed by atoms with van der Waals surface area (Å²) >= 11 is 0. The molecule has 0 aromatic rings. The summed E-state index contributed by atoms with van der Waals surface area (Å²) in [6.07, 6.45) is 9.96. The lowest BCUT2D eigenvalue weighted by Crippen LogP contribution is -2.37. The number of carbonyl (C=O) groups excluding carboxylic acids is 1. The minimum absolute atomic E-state index is 0.0832. The number of hydrogen-bond acceptors (Lipinski definition) is 1. The van der Waals surface area contributed by atoms with E-state index in [1.165, 1.54) is 12.0 Å². The summed E-state index contributed by atoms with van der Waals surface area (Å²) in [5.74, 6) is 1.31. The average Bonchev–Trinajstić information content (AvgIpc) is 2.28. The first-order valence-corrected chi connectivity index (χ1v) is 6.08. The van der Waals surface area contributed by atoms with Crippen LogP contribution in [0.3, 0.4) is 0 Å². The Kier molecular flexibility index (Phi) is 2.88. The standard InChI is InChI=1S/C15H20O/c1-4-15-7-5-12(11(2)3)9-13(15)10-14(16)6-8-15/h4,6,8,12-13H,1-2,5,7,9-10H2,3H3. The highest BCUT2D eigenvalue weighted by Gasteiger charge is 2.42. The lowest BCUT2D eigenvalue weighted by molar-refractivity contribution is -0.117. The summed E-state index contributed by atoms with van der Waals surface area (Å²) in [4.78, 5) is 11.5. The molecule has 0 heterocycles. The van der Waals surface area contributed by atoms with Gasteiger partial charge in [-0.3, -0.25) is 4.79 Å². The van der Waals surface area contributed by atoms with Gasteiger partial charge in [0.1, 0.15) is 0 Å². The van der Waals surface area contributed by atoms with Gasteiger partial charge in [-0.25, -0.2) is 0 Å². The highest BCUT2D eigenvalue weighted by atomic mass is 16.1. The SMILES string of the molecule is C=CC12C=CC(=O)CC1CC(C(=C)C)CC2. The minimum atomic E-state index is 0.0832. The average molecular weight is 216 g/mol. The quantitative estimate of drug-likeness (QED) is 0.643. The molecule has 0 saturated heterocycles. The van der Waals surface area contributed by atoms with E-state index in [1.807, 2.05) is 0 Å². The first-order chi connectivity index (χ1) is 7.57. The Morgan fingerprint density at radius 1 is 1.62 bits per heavy atom. The lowest BCUT2D eigenvalue weighted by Gasteiger charge is -2.45. The molecule has 86 valence electrons. The van der Waals surface area contributed by atoms with E-state index in [1.54, 1.807) is 6.08 Å². The van der Waals surface area contributed by atoms with Gasteiger partial charge in [-0.15, -0.1) is 6.58 Å². The van der Waals surface area contributed by atoms with Crippen LogP contribution in [0.1, 0.15) is 32.6 Å². The molecule has 0 bridgehead atoms. The predicted molar refractivity (Wildman–Crippen MR) is 67.0 cm³/mol. The molecule has 2 rings (SSSR count). The van der Waals surface area contributed by atoms with Crippen molar-refractivity contribution in [2.45, 2.75) is 32.6 Å². The highest BCUT2D eigenvalue weighted by Crippen LogP contribution is 2.50. The van der Waals surface area contributed by atoms with Gasteiger partial charge in [0.05, 0.1) is 0 Å². The molecule has 0 radical (unpaired) electrons. The van der Waals surface area contributed by atoms with Crippen molar-refractivity contribution in [1.29, 1.82) is 0 Å². The molecule has 1 fully saturated rings. The lowest BCUT2D eigenvalue weighted by atomic mass is 9.59. The van der Waals surface area contributed by atoms with Gasteiger partial charge in [0.15, 0.2) is 5.78 Å². The van der Waals surface area contributed by atoms with Gasteiger partial charge in [-0.1, -0.05) is 24.3 Å². The summed E-state index contributed by atoms with van der Waals surface area (Å²) in [6.45, 7) is 10.1. The molecule has 0 aromatic carbocycles. The zero-order valence-electron chi connectivity index (χ0n) is 10.0. The second kappa shape index (κ2) is 4.04. The number of fused-ring (bicyclic) bond motifs is 1. The van der Waals surface area contributed by atoms with Crippen LogP contribution in [0.2, 0.25) is 0 Å². The number of carbonyl (C=O) groups is 1. The molecular weight excluding hydrogens is 196 g/mol. The summed E-state index contributed by atoms with van der Waals surface area (Å²) in [7, 11) is 0. The fraction of sp³-hybridized carbons (Fsp3) is 0.533. The van der Waals surface area contributed by atoms with Gasteiger partial charge in [0, 0.05) is 11.8 Å². The van der Waals surface area contributed by atoms with E-state index in [0.717, 1.165) is 12.8 Å². The molecule has 16 heavy (non-hydrogen) atoms. The van der Waals surface area contributed by atoms with Crippen LogP contribution in [0.5, 0.6) is 0 Å². The van der Waals surface area contributed by atoms with Gasteiger partial charge < -0.3 is 0 Å². The van der Waals surface area contributed by atoms with Crippen molar-refractivity contribution in [3.8, 4) is 0 Å².